The highest BCUT2D eigenvalue weighted by Crippen LogP contribution is 2.29. The maximum atomic E-state index is 14.7. The fourth-order valence-electron chi connectivity index (χ4n) is 4.00. The van der Waals surface area contributed by atoms with Crippen molar-refractivity contribution in [2.24, 2.45) is 5.41 Å². The molecule has 0 aliphatic carbocycles. The van der Waals surface area contributed by atoms with Gasteiger partial charge in [-0.05, 0) is 47.4 Å². The third kappa shape index (κ3) is 6.25. The lowest BCUT2D eigenvalue weighted by molar-refractivity contribution is -0.132. The third-order valence-corrected chi connectivity index (χ3v) is 6.49. The van der Waals surface area contributed by atoms with Gasteiger partial charge >= 0.3 is 0 Å². The second kappa shape index (κ2) is 10.2. The summed E-state index contributed by atoms with van der Waals surface area (Å²) >= 11 is 0.808. The van der Waals surface area contributed by atoms with E-state index in [2.05, 4.69) is 41.0 Å². The van der Waals surface area contributed by atoms with Gasteiger partial charge in [-0.3, -0.25) is 24.7 Å². The number of hydrogen-bond donors (Lipinski definition) is 1. The molecule has 2 aromatic rings. The molecule has 0 unspecified atom stereocenters. The Morgan fingerprint density at radius 2 is 1.97 bits per heavy atom. The molecule has 4 rings (SSSR count). The number of aromatic nitrogens is 2. The minimum atomic E-state index is -0.469. The van der Waals surface area contributed by atoms with Gasteiger partial charge < -0.3 is 9.80 Å². The summed E-state index contributed by atoms with van der Waals surface area (Å²) in [5.74, 6) is -0.160. The quantitative estimate of drug-likeness (QED) is 0.636. The van der Waals surface area contributed by atoms with Crippen molar-refractivity contribution in [1.29, 1.82) is 0 Å². The molecule has 2 aliphatic rings. The molecular weight excluding hydrogens is 469 g/mol. The highest BCUT2D eigenvalue weighted by atomic mass is 32.2. The Kier molecular flexibility index (Phi) is 7.20. The van der Waals surface area contributed by atoms with Crippen LogP contribution in [0.3, 0.4) is 0 Å². The van der Waals surface area contributed by atoms with Crippen LogP contribution in [-0.4, -0.2) is 58.1 Å². The number of benzene rings is 1. The van der Waals surface area contributed by atoms with E-state index in [0.717, 1.165) is 18.2 Å². The maximum absolute atomic E-state index is 14.7. The average molecular weight is 498 g/mol. The molecule has 2 saturated heterocycles. The first kappa shape index (κ1) is 24.8. The van der Waals surface area contributed by atoms with Gasteiger partial charge in [0.25, 0.3) is 11.1 Å². The average Bonchev–Trinajstić information content (AvgIpc) is 2.98. The van der Waals surface area contributed by atoms with Crippen LogP contribution in [0.4, 0.5) is 15.0 Å². The first-order valence-corrected chi connectivity index (χ1v) is 12.3. The van der Waals surface area contributed by atoms with Crippen LogP contribution in [0.25, 0.3) is 17.3 Å². The van der Waals surface area contributed by atoms with Gasteiger partial charge in [0.2, 0.25) is 5.91 Å². The van der Waals surface area contributed by atoms with Crippen molar-refractivity contribution < 1.29 is 18.8 Å². The molecule has 3 heterocycles. The van der Waals surface area contributed by atoms with Crippen molar-refractivity contribution in [1.82, 2.24) is 20.2 Å². The highest BCUT2D eigenvalue weighted by Gasteiger charge is 2.26. The lowest BCUT2D eigenvalue weighted by Crippen LogP contribution is -2.37. The van der Waals surface area contributed by atoms with Gasteiger partial charge in [-0.25, -0.2) is 9.37 Å². The molecule has 8 nitrogen and oxygen atoms in total. The number of rotatable bonds is 4. The van der Waals surface area contributed by atoms with Crippen LogP contribution in [0.2, 0.25) is 0 Å². The number of halogens is 1. The SMILES string of the molecule is CC(C)(C)CC(=O)N1CCCN(c2cncc(-c3cc(C=C4SC(=O)NC4=O)ccc3F)n2)CC1. The molecule has 2 fully saturated rings. The van der Waals surface area contributed by atoms with Crippen LogP contribution >= 0.6 is 11.8 Å². The summed E-state index contributed by atoms with van der Waals surface area (Å²) in [7, 11) is 0. The van der Waals surface area contributed by atoms with Crippen LogP contribution < -0.4 is 10.2 Å². The fraction of sp³-hybridized carbons (Fsp3) is 0.400. The molecule has 1 N–H and O–H groups in total. The van der Waals surface area contributed by atoms with E-state index < -0.39 is 17.0 Å². The van der Waals surface area contributed by atoms with Crippen molar-refractivity contribution in [3.63, 3.8) is 0 Å². The highest BCUT2D eigenvalue weighted by molar-refractivity contribution is 8.18. The lowest BCUT2D eigenvalue weighted by Gasteiger charge is -2.26. The molecule has 3 amide bonds. The number of imide groups is 1. The monoisotopic (exact) mass is 497 g/mol. The summed E-state index contributed by atoms with van der Waals surface area (Å²) in [6, 6.07) is 4.43. The van der Waals surface area contributed by atoms with E-state index in [9.17, 15) is 18.8 Å². The van der Waals surface area contributed by atoms with E-state index in [0.29, 0.717) is 49.7 Å². The first-order valence-electron chi connectivity index (χ1n) is 11.5. The summed E-state index contributed by atoms with van der Waals surface area (Å²) in [4.78, 5) is 49.1. The Balaban J connectivity index is 1.53. The van der Waals surface area contributed by atoms with Crippen LogP contribution in [-0.2, 0) is 9.59 Å². The van der Waals surface area contributed by atoms with Crippen molar-refractivity contribution in [2.75, 3.05) is 31.1 Å². The predicted octanol–water partition coefficient (Wildman–Crippen LogP) is 4.08. The molecule has 10 heteroatoms. The molecule has 1 aromatic heterocycles. The second-order valence-corrected chi connectivity index (χ2v) is 10.8. The molecule has 0 saturated carbocycles. The zero-order valence-corrected chi connectivity index (χ0v) is 20.8. The zero-order valence-electron chi connectivity index (χ0n) is 20.0. The molecule has 2 aliphatic heterocycles. The largest absolute Gasteiger partial charge is 0.353 e. The van der Waals surface area contributed by atoms with Crippen molar-refractivity contribution in [3.05, 3.63) is 46.9 Å². The van der Waals surface area contributed by atoms with Crippen LogP contribution in [0, 0.1) is 11.2 Å². The molecule has 0 spiro atoms. The van der Waals surface area contributed by atoms with Crippen molar-refractivity contribution in [2.45, 2.75) is 33.6 Å². The Hall–Kier alpha value is -3.27. The van der Waals surface area contributed by atoms with E-state index in [4.69, 9.17) is 0 Å². The summed E-state index contributed by atoms with van der Waals surface area (Å²) in [5.41, 5.74) is 1.13. The minimum Gasteiger partial charge on any atom is -0.353 e. The van der Waals surface area contributed by atoms with Crippen LogP contribution in [0.5, 0.6) is 0 Å². The van der Waals surface area contributed by atoms with Gasteiger partial charge in [-0.2, -0.15) is 0 Å². The number of carbonyl (C=O) groups is 3. The number of anilines is 1. The van der Waals surface area contributed by atoms with E-state index >= 15 is 0 Å². The fourth-order valence-corrected chi connectivity index (χ4v) is 4.68. The Labute approximate surface area is 208 Å². The van der Waals surface area contributed by atoms with Gasteiger partial charge in [0.05, 0.1) is 23.0 Å². The van der Waals surface area contributed by atoms with Crippen LogP contribution in [0.1, 0.15) is 39.2 Å². The summed E-state index contributed by atoms with van der Waals surface area (Å²) < 4.78 is 14.7. The third-order valence-electron chi connectivity index (χ3n) is 5.68. The summed E-state index contributed by atoms with van der Waals surface area (Å²) in [5, 5.41) is 1.77. The van der Waals surface area contributed by atoms with Gasteiger partial charge in [0, 0.05) is 38.2 Å². The van der Waals surface area contributed by atoms with Gasteiger partial charge in [0.15, 0.2) is 0 Å². The van der Waals surface area contributed by atoms with E-state index in [-0.39, 0.29) is 21.8 Å². The summed E-state index contributed by atoms with van der Waals surface area (Å²) in [6.07, 6.45) is 5.99. The Morgan fingerprint density at radius 1 is 1.17 bits per heavy atom. The zero-order chi connectivity index (χ0) is 25.2. The molecule has 0 atom stereocenters. The maximum Gasteiger partial charge on any atom is 0.290 e. The van der Waals surface area contributed by atoms with Crippen molar-refractivity contribution >= 4 is 40.7 Å². The molecule has 35 heavy (non-hydrogen) atoms. The number of carbonyl (C=O) groups excluding carboxylic acids is 3. The van der Waals surface area contributed by atoms with E-state index in [1.807, 2.05) is 4.90 Å². The topological polar surface area (TPSA) is 95.5 Å². The number of nitrogens with zero attached hydrogens (tertiary/aromatic N) is 4. The lowest BCUT2D eigenvalue weighted by atomic mass is 9.91. The standard InChI is InChI=1S/C25H28FN5O3S/c1-25(2,3)13-22(32)31-8-4-7-30(9-10-31)21-15-27-14-19(28-21)17-11-16(5-6-18(17)26)12-20-23(33)29-24(34)35-20/h5-6,11-12,14-15H,4,7-10,13H2,1-3H3,(H,29,33,34). The first-order chi connectivity index (χ1) is 16.6. The Bertz CT molecular complexity index is 1190. The second-order valence-electron chi connectivity index (χ2n) is 9.81. The van der Waals surface area contributed by atoms with E-state index in [1.54, 1.807) is 18.3 Å². The molecule has 184 valence electrons. The van der Waals surface area contributed by atoms with Gasteiger partial charge in [-0.15, -0.1) is 0 Å². The molecule has 0 bridgehead atoms. The Morgan fingerprint density at radius 3 is 2.69 bits per heavy atom. The number of hydrogen-bond acceptors (Lipinski definition) is 7. The number of amides is 3. The molecular formula is C25H28FN5O3S. The predicted molar refractivity (Wildman–Crippen MR) is 134 cm³/mol. The van der Waals surface area contributed by atoms with Gasteiger partial charge in [-0.1, -0.05) is 26.8 Å². The van der Waals surface area contributed by atoms with Crippen molar-refractivity contribution in [3.8, 4) is 11.3 Å². The minimum absolute atomic E-state index is 0.0623. The van der Waals surface area contributed by atoms with E-state index in [1.165, 1.54) is 18.3 Å². The van der Waals surface area contributed by atoms with Crippen LogP contribution in [0.15, 0.2) is 35.5 Å². The molecule has 0 radical (unpaired) electrons. The number of thioether (sulfide) groups is 1. The number of nitrogens with one attached hydrogen (secondary N) is 1. The molecule has 1 aromatic carbocycles. The van der Waals surface area contributed by atoms with Gasteiger partial charge in [0.1, 0.15) is 11.6 Å². The summed E-state index contributed by atoms with van der Waals surface area (Å²) in [6.45, 7) is 8.79. The smallest absolute Gasteiger partial charge is 0.290 e. The normalized spacial score (nSPS) is 18.1.